The van der Waals surface area contributed by atoms with Crippen LogP contribution < -0.4 is 14.8 Å². The second-order valence-corrected chi connectivity index (χ2v) is 11.5. The van der Waals surface area contributed by atoms with Crippen LogP contribution in [0.1, 0.15) is 6.92 Å². The molecular weight excluding hydrogens is 588 g/mol. The molecule has 2 heterocycles. The van der Waals surface area contributed by atoms with Gasteiger partial charge in [0.2, 0.25) is 16.9 Å². The Morgan fingerprint density at radius 1 is 1.00 bits per heavy atom. The average Bonchev–Trinajstić information content (AvgIpc) is 3.56. The van der Waals surface area contributed by atoms with Gasteiger partial charge in [-0.2, -0.15) is 5.10 Å². The van der Waals surface area contributed by atoms with Crippen LogP contribution in [0.3, 0.4) is 0 Å². The van der Waals surface area contributed by atoms with Crippen molar-refractivity contribution in [2.45, 2.75) is 11.8 Å². The van der Waals surface area contributed by atoms with Crippen molar-refractivity contribution in [1.29, 1.82) is 0 Å². The molecule has 0 aliphatic carbocycles. The number of carbonyl (C=O) groups is 1. The molecule has 208 valence electrons. The Bertz CT molecular complexity index is 1840. The normalized spacial score (nSPS) is 11.5. The molecule has 0 fully saturated rings. The SMILES string of the molecule is COc1c(-c2nnc(NS(=O)(=O)c3ccc(NC(C)=O)cc3)s2)nn(-c2cccc(Cl)c2)c1N=Nc1ccccc1. The summed E-state index contributed by atoms with van der Waals surface area (Å²) in [5.74, 6) is 0.257. The number of amides is 1. The standard InChI is InChI=1S/C26H21ClN8O4S2/c1-16(36)28-18-11-13-21(14-12-18)41(37,38)34-26-32-31-25(40-26)22-23(39-2)24(30-29-19-8-4-3-5-9-19)35(33-22)20-10-6-7-17(27)15-20/h3-15H,1-2H3,(H,28,36)(H,32,34). The summed E-state index contributed by atoms with van der Waals surface area (Å²) >= 11 is 7.19. The number of hydrogen-bond acceptors (Lipinski definition) is 10. The lowest BCUT2D eigenvalue weighted by molar-refractivity contribution is -0.114. The molecule has 2 aromatic heterocycles. The van der Waals surface area contributed by atoms with Gasteiger partial charge in [-0.25, -0.2) is 13.1 Å². The summed E-state index contributed by atoms with van der Waals surface area (Å²) in [7, 11) is -2.53. The van der Waals surface area contributed by atoms with E-state index in [0.29, 0.717) is 22.1 Å². The highest BCUT2D eigenvalue weighted by atomic mass is 35.5. The van der Waals surface area contributed by atoms with E-state index in [1.54, 1.807) is 36.4 Å². The molecule has 5 aromatic rings. The smallest absolute Gasteiger partial charge is 0.263 e. The first kappa shape index (κ1) is 27.9. The van der Waals surface area contributed by atoms with E-state index in [1.807, 2.05) is 18.2 Å². The van der Waals surface area contributed by atoms with Gasteiger partial charge in [-0.05, 0) is 54.6 Å². The van der Waals surface area contributed by atoms with Gasteiger partial charge in [0, 0.05) is 17.6 Å². The van der Waals surface area contributed by atoms with Crippen LogP contribution in [0.15, 0.2) is 94.0 Å². The Kier molecular flexibility index (Phi) is 8.05. The van der Waals surface area contributed by atoms with Crippen LogP contribution in [0.4, 0.5) is 22.3 Å². The lowest BCUT2D eigenvalue weighted by Crippen LogP contribution is -2.13. The second-order valence-electron chi connectivity index (χ2n) is 8.36. The van der Waals surface area contributed by atoms with Gasteiger partial charge in [0.15, 0.2) is 16.5 Å². The molecule has 15 heteroatoms. The van der Waals surface area contributed by atoms with Crippen molar-refractivity contribution < 1.29 is 17.9 Å². The molecule has 5 rings (SSSR count). The minimum atomic E-state index is -3.99. The predicted octanol–water partition coefficient (Wildman–Crippen LogP) is 6.23. The van der Waals surface area contributed by atoms with E-state index >= 15 is 0 Å². The largest absolute Gasteiger partial charge is 0.491 e. The van der Waals surface area contributed by atoms with Crippen molar-refractivity contribution in [3.63, 3.8) is 0 Å². The van der Waals surface area contributed by atoms with Gasteiger partial charge in [0.1, 0.15) is 0 Å². The summed E-state index contributed by atoms with van der Waals surface area (Å²) in [6.07, 6.45) is 0. The Morgan fingerprint density at radius 2 is 1.76 bits per heavy atom. The molecule has 0 spiro atoms. The molecule has 41 heavy (non-hydrogen) atoms. The maximum Gasteiger partial charge on any atom is 0.263 e. The van der Waals surface area contributed by atoms with E-state index in [1.165, 1.54) is 43.0 Å². The quantitative estimate of drug-likeness (QED) is 0.188. The third-order valence-corrected chi connectivity index (χ3v) is 7.99. The molecule has 0 bridgehead atoms. The fourth-order valence-electron chi connectivity index (χ4n) is 3.65. The molecule has 0 saturated heterocycles. The van der Waals surface area contributed by atoms with E-state index in [4.69, 9.17) is 16.3 Å². The third kappa shape index (κ3) is 6.40. The topological polar surface area (TPSA) is 153 Å². The number of sulfonamides is 1. The number of nitrogens with one attached hydrogen (secondary N) is 2. The van der Waals surface area contributed by atoms with Crippen LogP contribution in [-0.4, -0.2) is 41.4 Å². The van der Waals surface area contributed by atoms with Crippen molar-refractivity contribution in [3.05, 3.63) is 83.9 Å². The lowest BCUT2D eigenvalue weighted by Gasteiger charge is -2.06. The van der Waals surface area contributed by atoms with Crippen LogP contribution in [0.2, 0.25) is 5.02 Å². The molecule has 3 aromatic carbocycles. The number of aromatic nitrogens is 4. The Hall–Kier alpha value is -4.66. The maximum atomic E-state index is 13.0. The maximum absolute atomic E-state index is 13.0. The van der Waals surface area contributed by atoms with Crippen LogP contribution in [0.5, 0.6) is 5.75 Å². The number of methoxy groups -OCH3 is 1. The summed E-state index contributed by atoms with van der Waals surface area (Å²) < 4.78 is 35.5. The third-order valence-electron chi connectivity index (χ3n) is 5.43. The van der Waals surface area contributed by atoms with E-state index < -0.39 is 10.0 Å². The predicted molar refractivity (Wildman–Crippen MR) is 156 cm³/mol. The number of carbonyl (C=O) groups excluding carboxylic acids is 1. The highest BCUT2D eigenvalue weighted by molar-refractivity contribution is 7.93. The number of rotatable bonds is 9. The Balaban J connectivity index is 1.49. The van der Waals surface area contributed by atoms with Crippen LogP contribution in [0.25, 0.3) is 16.4 Å². The molecule has 2 N–H and O–H groups in total. The minimum Gasteiger partial charge on any atom is -0.491 e. The van der Waals surface area contributed by atoms with Crippen molar-refractivity contribution in [2.24, 2.45) is 10.2 Å². The molecule has 0 radical (unpaired) electrons. The number of benzene rings is 3. The molecule has 0 saturated carbocycles. The summed E-state index contributed by atoms with van der Waals surface area (Å²) in [5.41, 5.74) is 1.96. The van der Waals surface area contributed by atoms with Crippen molar-refractivity contribution in [2.75, 3.05) is 17.1 Å². The van der Waals surface area contributed by atoms with Gasteiger partial charge < -0.3 is 10.1 Å². The van der Waals surface area contributed by atoms with Gasteiger partial charge in [0.25, 0.3) is 10.0 Å². The number of nitrogens with zero attached hydrogens (tertiary/aromatic N) is 6. The van der Waals surface area contributed by atoms with Gasteiger partial charge >= 0.3 is 0 Å². The summed E-state index contributed by atoms with van der Waals surface area (Å²) in [6.45, 7) is 1.36. The average molecular weight is 609 g/mol. The monoisotopic (exact) mass is 608 g/mol. The van der Waals surface area contributed by atoms with E-state index in [9.17, 15) is 13.2 Å². The molecular formula is C26H21ClN8O4S2. The zero-order valence-corrected chi connectivity index (χ0v) is 23.9. The van der Waals surface area contributed by atoms with Crippen molar-refractivity contribution in [3.8, 4) is 22.1 Å². The molecule has 0 aliphatic heterocycles. The number of halogens is 1. The van der Waals surface area contributed by atoms with Crippen molar-refractivity contribution >= 4 is 61.2 Å². The fraction of sp³-hybridized carbons (Fsp3) is 0.0769. The van der Waals surface area contributed by atoms with Gasteiger partial charge in [-0.3, -0.25) is 9.52 Å². The molecule has 12 nitrogen and oxygen atoms in total. The minimum absolute atomic E-state index is 0.0118. The highest BCUT2D eigenvalue weighted by Crippen LogP contribution is 2.42. The van der Waals surface area contributed by atoms with Crippen LogP contribution in [0, 0.1) is 0 Å². The zero-order valence-electron chi connectivity index (χ0n) is 21.5. The Morgan fingerprint density at radius 3 is 2.44 bits per heavy atom. The second kappa shape index (κ2) is 11.8. The molecule has 0 aliphatic rings. The number of ether oxygens (including phenoxy) is 1. The molecule has 0 atom stereocenters. The summed E-state index contributed by atoms with van der Waals surface area (Å²) in [4.78, 5) is 11.2. The zero-order chi connectivity index (χ0) is 29.0. The number of azo groups is 1. The van der Waals surface area contributed by atoms with E-state index in [0.717, 1.165) is 11.3 Å². The van der Waals surface area contributed by atoms with Gasteiger partial charge in [-0.1, -0.05) is 47.2 Å². The van der Waals surface area contributed by atoms with E-state index in [-0.39, 0.29) is 38.2 Å². The first-order valence-electron chi connectivity index (χ1n) is 11.9. The molecule has 1 amide bonds. The Labute approximate surface area is 243 Å². The first-order chi connectivity index (χ1) is 19.7. The van der Waals surface area contributed by atoms with Gasteiger partial charge in [-0.15, -0.1) is 20.4 Å². The molecule has 0 unspecified atom stereocenters. The number of hydrogen-bond donors (Lipinski definition) is 2. The summed E-state index contributed by atoms with van der Waals surface area (Å²) in [6, 6.07) is 21.9. The number of anilines is 2. The van der Waals surface area contributed by atoms with Gasteiger partial charge in [0.05, 0.1) is 23.4 Å². The summed E-state index contributed by atoms with van der Waals surface area (Å²) in [5, 5.41) is 24.9. The van der Waals surface area contributed by atoms with Crippen LogP contribution >= 0.6 is 22.9 Å². The lowest BCUT2D eigenvalue weighted by atomic mass is 10.3. The van der Waals surface area contributed by atoms with Crippen molar-refractivity contribution in [1.82, 2.24) is 20.0 Å². The first-order valence-corrected chi connectivity index (χ1v) is 14.6. The van der Waals surface area contributed by atoms with E-state index in [2.05, 4.69) is 35.6 Å². The fourth-order valence-corrected chi connectivity index (χ4v) is 5.79. The van der Waals surface area contributed by atoms with Crippen LogP contribution in [-0.2, 0) is 14.8 Å². The highest BCUT2D eigenvalue weighted by Gasteiger charge is 2.26.